The number of hydrogen-bond donors (Lipinski definition) is 1. The van der Waals surface area contributed by atoms with Crippen molar-refractivity contribution in [2.75, 3.05) is 31.1 Å². The summed E-state index contributed by atoms with van der Waals surface area (Å²) in [6, 6.07) is 17.8. The molecule has 0 bridgehead atoms. The average molecular weight is 550 g/mol. The maximum Gasteiger partial charge on any atom is 0.259 e. The lowest BCUT2D eigenvalue weighted by Gasteiger charge is -2.24. The van der Waals surface area contributed by atoms with Gasteiger partial charge in [-0.3, -0.25) is 9.59 Å². The molecule has 0 fully saturated rings. The first-order valence-corrected chi connectivity index (χ1v) is 14.8. The molecule has 39 heavy (non-hydrogen) atoms. The molecule has 1 heterocycles. The van der Waals surface area contributed by atoms with E-state index in [1.807, 2.05) is 0 Å². The Morgan fingerprint density at radius 2 is 1.62 bits per heavy atom. The van der Waals surface area contributed by atoms with E-state index in [-0.39, 0.29) is 24.2 Å². The van der Waals surface area contributed by atoms with E-state index in [1.165, 1.54) is 17.0 Å². The summed E-state index contributed by atoms with van der Waals surface area (Å²) in [4.78, 5) is 31.7. The fraction of sp³-hybridized carbons (Fsp3) is 0.355. The lowest BCUT2D eigenvalue weighted by atomic mass is 10.1. The molecule has 206 valence electrons. The van der Waals surface area contributed by atoms with Crippen molar-refractivity contribution in [3.8, 4) is 0 Å². The van der Waals surface area contributed by atoms with Crippen LogP contribution in [0.5, 0.6) is 0 Å². The summed E-state index contributed by atoms with van der Waals surface area (Å²) in [5, 5.41) is 3.01. The standard InChI is InChI=1S/C31H36FN3O3S/c1-3-5-18-34(19-6-4-2)20-17-33-30(36)24-13-16-29-27(21-24)35(22-23-11-14-25(32)15-12-23)31(37)26-9-7-8-10-28(26)39(29)38/h7-16,21H,3-6,17-20,22H2,1-2H3,(H,33,36)/t39-/m1/s1. The van der Waals surface area contributed by atoms with Gasteiger partial charge in [0.25, 0.3) is 11.8 Å². The van der Waals surface area contributed by atoms with Gasteiger partial charge in [0.2, 0.25) is 0 Å². The third-order valence-corrected chi connectivity index (χ3v) is 8.40. The predicted molar refractivity (Wildman–Crippen MR) is 153 cm³/mol. The zero-order valence-corrected chi connectivity index (χ0v) is 23.4. The fourth-order valence-corrected chi connectivity index (χ4v) is 6.01. The van der Waals surface area contributed by atoms with Crippen LogP contribution in [0, 0.1) is 5.82 Å². The van der Waals surface area contributed by atoms with Crippen molar-refractivity contribution >= 4 is 28.3 Å². The number of carbonyl (C=O) groups excluding carboxylic acids is 2. The minimum Gasteiger partial charge on any atom is -0.351 e. The molecule has 0 saturated carbocycles. The second-order valence-corrected chi connectivity index (χ2v) is 11.2. The van der Waals surface area contributed by atoms with Crippen molar-refractivity contribution in [2.45, 2.75) is 55.9 Å². The average Bonchev–Trinajstić information content (AvgIpc) is 3.04. The Labute approximate surface area is 232 Å². The molecule has 4 rings (SSSR count). The van der Waals surface area contributed by atoms with Crippen LogP contribution in [0.1, 0.15) is 65.8 Å². The Balaban J connectivity index is 1.60. The molecular weight excluding hydrogens is 513 g/mol. The molecule has 3 aromatic carbocycles. The number of unbranched alkanes of at least 4 members (excludes halogenated alkanes) is 2. The number of nitrogens with zero attached hydrogens (tertiary/aromatic N) is 2. The van der Waals surface area contributed by atoms with Gasteiger partial charge < -0.3 is 15.1 Å². The molecule has 0 saturated heterocycles. The number of amides is 2. The van der Waals surface area contributed by atoms with Gasteiger partial charge in [-0.25, -0.2) is 8.60 Å². The van der Waals surface area contributed by atoms with Gasteiger partial charge in [0.1, 0.15) is 5.82 Å². The number of rotatable bonds is 12. The zero-order chi connectivity index (χ0) is 27.8. The molecule has 2 amide bonds. The first kappa shape index (κ1) is 28.6. The van der Waals surface area contributed by atoms with Gasteiger partial charge in [-0.05, 0) is 74.0 Å². The van der Waals surface area contributed by atoms with Crippen molar-refractivity contribution in [3.05, 3.63) is 89.2 Å². The van der Waals surface area contributed by atoms with Crippen LogP contribution in [-0.4, -0.2) is 47.1 Å². The van der Waals surface area contributed by atoms with Crippen molar-refractivity contribution < 1.29 is 18.2 Å². The Morgan fingerprint density at radius 3 is 2.31 bits per heavy atom. The van der Waals surface area contributed by atoms with Gasteiger partial charge in [-0.2, -0.15) is 0 Å². The van der Waals surface area contributed by atoms with E-state index in [9.17, 15) is 18.2 Å². The summed E-state index contributed by atoms with van der Waals surface area (Å²) < 4.78 is 27.1. The van der Waals surface area contributed by atoms with Crippen molar-refractivity contribution in [3.63, 3.8) is 0 Å². The highest BCUT2D eigenvalue weighted by Gasteiger charge is 2.31. The Kier molecular flexibility index (Phi) is 10.0. The topological polar surface area (TPSA) is 69.7 Å². The third kappa shape index (κ3) is 6.99. The summed E-state index contributed by atoms with van der Waals surface area (Å²) in [6.07, 6.45) is 4.50. The van der Waals surface area contributed by atoms with Gasteiger partial charge in [0, 0.05) is 18.7 Å². The van der Waals surface area contributed by atoms with Crippen LogP contribution in [0.2, 0.25) is 0 Å². The quantitative estimate of drug-likeness (QED) is 0.311. The molecule has 8 heteroatoms. The van der Waals surface area contributed by atoms with E-state index in [4.69, 9.17) is 0 Å². The normalized spacial score (nSPS) is 14.6. The first-order chi connectivity index (χ1) is 18.9. The highest BCUT2D eigenvalue weighted by atomic mass is 32.2. The Hall–Kier alpha value is -3.36. The number of hydrogen-bond acceptors (Lipinski definition) is 4. The molecule has 0 aliphatic carbocycles. The van der Waals surface area contributed by atoms with E-state index in [1.54, 1.807) is 54.6 Å². The first-order valence-electron chi connectivity index (χ1n) is 13.6. The lowest BCUT2D eigenvalue weighted by Crippen LogP contribution is -2.36. The molecule has 1 aliphatic rings. The van der Waals surface area contributed by atoms with Crippen LogP contribution in [0.4, 0.5) is 10.1 Å². The summed E-state index contributed by atoms with van der Waals surface area (Å²) in [5.41, 5.74) is 1.87. The number of fused-ring (bicyclic) bond motifs is 2. The maximum atomic E-state index is 13.7. The Bertz CT molecular complexity index is 1320. The molecule has 0 spiro atoms. The largest absolute Gasteiger partial charge is 0.351 e. The van der Waals surface area contributed by atoms with Gasteiger partial charge in [-0.1, -0.05) is 51.0 Å². The zero-order valence-electron chi connectivity index (χ0n) is 22.6. The maximum absolute atomic E-state index is 13.7. The van der Waals surface area contributed by atoms with Crippen LogP contribution in [0.25, 0.3) is 0 Å². The van der Waals surface area contributed by atoms with E-state index in [0.717, 1.165) is 50.9 Å². The SMILES string of the molecule is CCCCN(CCCC)CCNC(=O)c1ccc2c(c1)N(Cc1ccc(F)cc1)C(=O)c1ccccc1[S@]2=O. The predicted octanol–water partition coefficient (Wildman–Crippen LogP) is 5.78. The van der Waals surface area contributed by atoms with Crippen molar-refractivity contribution in [2.24, 2.45) is 0 Å². The van der Waals surface area contributed by atoms with Gasteiger partial charge in [-0.15, -0.1) is 0 Å². The minimum atomic E-state index is -1.61. The Morgan fingerprint density at radius 1 is 0.923 bits per heavy atom. The van der Waals surface area contributed by atoms with Crippen LogP contribution in [0.3, 0.4) is 0 Å². The number of benzene rings is 3. The summed E-state index contributed by atoms with van der Waals surface area (Å²) in [5.74, 6) is -0.928. The number of anilines is 1. The van der Waals surface area contributed by atoms with Crippen LogP contribution in [0.15, 0.2) is 76.5 Å². The van der Waals surface area contributed by atoms with Crippen molar-refractivity contribution in [1.82, 2.24) is 10.2 Å². The van der Waals surface area contributed by atoms with Gasteiger partial charge >= 0.3 is 0 Å². The molecular formula is C31H36FN3O3S. The fourth-order valence-electron chi connectivity index (χ4n) is 4.66. The second kappa shape index (κ2) is 13.6. The monoisotopic (exact) mass is 549 g/mol. The molecule has 1 atom stereocenters. The molecule has 0 unspecified atom stereocenters. The van der Waals surface area contributed by atoms with Gasteiger partial charge in [0.05, 0.1) is 38.4 Å². The molecule has 1 aliphatic heterocycles. The number of carbonyl (C=O) groups is 2. The molecule has 0 aromatic heterocycles. The summed E-state index contributed by atoms with van der Waals surface area (Å²) in [7, 11) is -1.61. The van der Waals surface area contributed by atoms with E-state index < -0.39 is 10.8 Å². The van der Waals surface area contributed by atoms with E-state index >= 15 is 0 Å². The third-order valence-electron chi connectivity index (χ3n) is 6.90. The summed E-state index contributed by atoms with van der Waals surface area (Å²) >= 11 is 0. The number of nitrogens with one attached hydrogen (secondary N) is 1. The molecule has 0 radical (unpaired) electrons. The highest BCUT2D eigenvalue weighted by Crippen LogP contribution is 2.36. The molecule has 3 aromatic rings. The minimum absolute atomic E-state index is 0.145. The van der Waals surface area contributed by atoms with Crippen LogP contribution >= 0.6 is 0 Å². The van der Waals surface area contributed by atoms with Gasteiger partial charge in [0.15, 0.2) is 0 Å². The number of halogens is 1. The van der Waals surface area contributed by atoms with Crippen LogP contribution in [-0.2, 0) is 17.3 Å². The highest BCUT2D eigenvalue weighted by molar-refractivity contribution is 7.85. The smallest absolute Gasteiger partial charge is 0.259 e. The van der Waals surface area contributed by atoms with Crippen LogP contribution < -0.4 is 10.2 Å². The molecule has 6 nitrogen and oxygen atoms in total. The molecule has 1 N–H and O–H groups in total. The van der Waals surface area contributed by atoms with Crippen molar-refractivity contribution in [1.29, 1.82) is 0 Å². The van der Waals surface area contributed by atoms with E-state index in [2.05, 4.69) is 24.1 Å². The summed E-state index contributed by atoms with van der Waals surface area (Å²) in [6.45, 7) is 7.80. The van der Waals surface area contributed by atoms with E-state index in [0.29, 0.717) is 33.2 Å². The lowest BCUT2D eigenvalue weighted by molar-refractivity contribution is 0.0944. The second-order valence-electron chi connectivity index (χ2n) is 9.77.